The molecule has 0 radical (unpaired) electrons. The van der Waals surface area contributed by atoms with E-state index in [1.807, 2.05) is 0 Å². The molecule has 3 nitrogen and oxygen atoms in total. The molecule has 0 aliphatic carbocycles. The van der Waals surface area contributed by atoms with E-state index in [1.54, 1.807) is 0 Å². The summed E-state index contributed by atoms with van der Waals surface area (Å²) in [4.78, 5) is 11.4. The van der Waals surface area contributed by atoms with Crippen molar-refractivity contribution >= 4 is 18.3 Å². The molecule has 0 saturated carbocycles. The third-order valence-corrected chi connectivity index (χ3v) is 2.89. The van der Waals surface area contributed by atoms with Crippen LogP contribution in [0, 0.1) is 17.6 Å². The maximum atomic E-state index is 13.2. The first-order valence-electron chi connectivity index (χ1n) is 5.60. The van der Waals surface area contributed by atoms with Crippen LogP contribution in [0.15, 0.2) is 18.2 Å². The summed E-state index contributed by atoms with van der Waals surface area (Å²) in [7, 11) is 0. The van der Waals surface area contributed by atoms with E-state index >= 15 is 0 Å². The number of carbonyl (C=O) groups is 1. The van der Waals surface area contributed by atoms with Gasteiger partial charge in [0.15, 0.2) is 0 Å². The smallest absolute Gasteiger partial charge is 0.225 e. The van der Waals surface area contributed by atoms with Crippen molar-refractivity contribution in [2.45, 2.75) is 6.42 Å². The second kappa shape index (κ2) is 6.66. The molecule has 1 aliphatic heterocycles. The maximum Gasteiger partial charge on any atom is 0.225 e. The van der Waals surface area contributed by atoms with E-state index in [9.17, 15) is 13.6 Å². The molecular weight excluding hydrogens is 262 g/mol. The lowest BCUT2D eigenvalue weighted by Gasteiger charge is -2.25. The van der Waals surface area contributed by atoms with Crippen molar-refractivity contribution < 1.29 is 13.6 Å². The van der Waals surface area contributed by atoms with Crippen molar-refractivity contribution in [3.63, 3.8) is 0 Å². The molecule has 0 aromatic heterocycles. The van der Waals surface area contributed by atoms with Crippen LogP contribution in [0.4, 0.5) is 8.78 Å². The zero-order chi connectivity index (χ0) is 12.3. The van der Waals surface area contributed by atoms with E-state index in [0.717, 1.165) is 0 Å². The molecule has 18 heavy (non-hydrogen) atoms. The predicted octanol–water partition coefficient (Wildman–Crippen LogP) is 1.26. The van der Waals surface area contributed by atoms with Crippen molar-refractivity contribution in [2.24, 2.45) is 5.92 Å². The van der Waals surface area contributed by atoms with Crippen molar-refractivity contribution in [3.8, 4) is 0 Å². The first-order chi connectivity index (χ1) is 8.18. The zero-order valence-electron chi connectivity index (χ0n) is 9.71. The summed E-state index contributed by atoms with van der Waals surface area (Å²) in [5.74, 6) is -1.19. The molecule has 6 heteroatoms. The molecule has 1 aromatic rings. The van der Waals surface area contributed by atoms with Crippen molar-refractivity contribution in [2.75, 3.05) is 19.6 Å². The van der Waals surface area contributed by atoms with E-state index in [4.69, 9.17) is 0 Å². The van der Waals surface area contributed by atoms with Crippen LogP contribution in [0.2, 0.25) is 0 Å². The Morgan fingerprint density at radius 3 is 2.44 bits per heavy atom. The van der Waals surface area contributed by atoms with Gasteiger partial charge in [-0.1, -0.05) is 6.07 Å². The van der Waals surface area contributed by atoms with Crippen molar-refractivity contribution in [3.05, 3.63) is 35.4 Å². The third-order valence-electron chi connectivity index (χ3n) is 2.89. The van der Waals surface area contributed by atoms with Crippen LogP contribution in [0.3, 0.4) is 0 Å². The minimum absolute atomic E-state index is 0. The average molecular weight is 277 g/mol. The van der Waals surface area contributed by atoms with Crippen LogP contribution in [0.25, 0.3) is 0 Å². The Bertz CT molecular complexity index is 404. The van der Waals surface area contributed by atoms with Crippen LogP contribution in [-0.4, -0.2) is 25.5 Å². The number of rotatable bonds is 4. The number of hydrogen-bond donors (Lipinski definition) is 2. The first kappa shape index (κ1) is 14.9. The van der Waals surface area contributed by atoms with Crippen LogP contribution in [0.1, 0.15) is 5.56 Å². The van der Waals surface area contributed by atoms with Crippen LogP contribution in [-0.2, 0) is 11.2 Å². The minimum Gasteiger partial charge on any atom is -0.355 e. The first-order valence-corrected chi connectivity index (χ1v) is 5.60. The summed E-state index contributed by atoms with van der Waals surface area (Å²) in [5, 5.41) is 5.66. The van der Waals surface area contributed by atoms with Crippen LogP contribution < -0.4 is 10.6 Å². The largest absolute Gasteiger partial charge is 0.355 e. The highest BCUT2D eigenvalue weighted by Crippen LogP contribution is 2.12. The summed E-state index contributed by atoms with van der Waals surface area (Å²) in [5.41, 5.74) is 0.0273. The van der Waals surface area contributed by atoms with Crippen LogP contribution in [0.5, 0.6) is 0 Å². The molecule has 100 valence electrons. The van der Waals surface area contributed by atoms with E-state index < -0.39 is 11.6 Å². The predicted molar refractivity (Wildman–Crippen MR) is 66.7 cm³/mol. The Hall–Kier alpha value is -1.20. The Kier molecular flexibility index (Phi) is 5.50. The molecule has 0 atom stereocenters. The van der Waals surface area contributed by atoms with E-state index in [-0.39, 0.29) is 42.8 Å². The Labute approximate surface area is 110 Å². The Balaban J connectivity index is 0.00000162. The van der Waals surface area contributed by atoms with E-state index in [2.05, 4.69) is 10.6 Å². The lowest BCUT2D eigenvalue weighted by Crippen LogP contribution is -2.51. The Morgan fingerprint density at radius 1 is 1.33 bits per heavy atom. The van der Waals surface area contributed by atoms with Gasteiger partial charge in [-0.05, 0) is 18.6 Å². The van der Waals surface area contributed by atoms with E-state index in [1.165, 1.54) is 18.2 Å². The second-order valence-electron chi connectivity index (χ2n) is 4.10. The van der Waals surface area contributed by atoms with Crippen molar-refractivity contribution in [1.82, 2.24) is 10.6 Å². The molecule has 1 amide bonds. The molecule has 0 unspecified atom stereocenters. The standard InChI is InChI=1S/C12H14F2N2O.ClH/c13-10-2-1-3-11(14)9(10)4-5-16-12(17)8-6-15-7-8;/h1-3,8,15H,4-7H2,(H,16,17);1H. The molecule has 1 fully saturated rings. The van der Waals surface area contributed by atoms with E-state index in [0.29, 0.717) is 13.1 Å². The minimum atomic E-state index is -0.565. The van der Waals surface area contributed by atoms with Crippen molar-refractivity contribution in [1.29, 1.82) is 0 Å². The maximum absolute atomic E-state index is 13.2. The Morgan fingerprint density at radius 2 is 1.94 bits per heavy atom. The normalized spacial score (nSPS) is 14.6. The fourth-order valence-electron chi connectivity index (χ4n) is 1.70. The number of halogens is 3. The molecule has 0 spiro atoms. The van der Waals surface area contributed by atoms with Gasteiger partial charge in [0.25, 0.3) is 0 Å². The number of hydrogen-bond acceptors (Lipinski definition) is 2. The van der Waals surface area contributed by atoms with Gasteiger partial charge in [0.05, 0.1) is 5.92 Å². The fraction of sp³-hybridized carbons (Fsp3) is 0.417. The summed E-state index contributed by atoms with van der Waals surface area (Å²) in [6.07, 6.45) is 0.171. The summed E-state index contributed by atoms with van der Waals surface area (Å²) in [6.45, 7) is 1.62. The van der Waals surface area contributed by atoms with Crippen LogP contribution >= 0.6 is 12.4 Å². The summed E-state index contributed by atoms with van der Waals surface area (Å²) >= 11 is 0. The van der Waals surface area contributed by atoms with Gasteiger partial charge in [0.1, 0.15) is 11.6 Å². The molecule has 1 aliphatic rings. The third kappa shape index (κ3) is 3.40. The molecule has 1 heterocycles. The molecular formula is C12H15ClF2N2O. The number of nitrogens with one attached hydrogen (secondary N) is 2. The van der Waals surface area contributed by atoms with Gasteiger partial charge in [0, 0.05) is 25.2 Å². The molecule has 1 aromatic carbocycles. The van der Waals surface area contributed by atoms with Gasteiger partial charge in [-0.3, -0.25) is 4.79 Å². The van der Waals surface area contributed by atoms with Gasteiger partial charge in [-0.2, -0.15) is 0 Å². The number of benzene rings is 1. The van der Waals surface area contributed by atoms with Gasteiger partial charge in [-0.15, -0.1) is 12.4 Å². The monoisotopic (exact) mass is 276 g/mol. The molecule has 0 bridgehead atoms. The molecule has 1 saturated heterocycles. The average Bonchev–Trinajstić information content (AvgIpc) is 2.20. The topological polar surface area (TPSA) is 41.1 Å². The number of amides is 1. The van der Waals surface area contributed by atoms with Gasteiger partial charge in [0.2, 0.25) is 5.91 Å². The SMILES string of the molecule is Cl.O=C(NCCc1c(F)cccc1F)C1CNC1. The van der Waals surface area contributed by atoms with Gasteiger partial charge >= 0.3 is 0 Å². The zero-order valence-corrected chi connectivity index (χ0v) is 10.5. The van der Waals surface area contributed by atoms with Gasteiger partial charge < -0.3 is 10.6 Å². The quantitative estimate of drug-likeness (QED) is 0.869. The summed E-state index contributed by atoms with van der Waals surface area (Å²) in [6, 6.07) is 3.76. The highest BCUT2D eigenvalue weighted by atomic mass is 35.5. The number of carbonyl (C=O) groups excluding carboxylic acids is 1. The second-order valence-corrected chi connectivity index (χ2v) is 4.10. The lowest BCUT2D eigenvalue weighted by atomic mass is 10.0. The highest BCUT2D eigenvalue weighted by molar-refractivity contribution is 5.85. The fourth-order valence-corrected chi connectivity index (χ4v) is 1.70. The highest BCUT2D eigenvalue weighted by Gasteiger charge is 2.24. The summed E-state index contributed by atoms with van der Waals surface area (Å²) < 4.78 is 26.5. The lowest BCUT2D eigenvalue weighted by molar-refractivity contribution is -0.126. The molecule has 2 N–H and O–H groups in total. The molecule has 2 rings (SSSR count). The van der Waals surface area contributed by atoms with Gasteiger partial charge in [-0.25, -0.2) is 8.78 Å².